The number of H-pyrrole nitrogens is 1. The molecule has 24 heavy (non-hydrogen) atoms. The number of aryl methyl sites for hydroxylation is 1. The lowest BCUT2D eigenvalue weighted by molar-refractivity contribution is -0.138. The van der Waals surface area contributed by atoms with Crippen LogP contribution in [0.25, 0.3) is 16.5 Å². The predicted molar refractivity (Wildman–Crippen MR) is 95.8 cm³/mol. The van der Waals surface area contributed by atoms with Crippen molar-refractivity contribution in [1.29, 1.82) is 0 Å². The molecule has 1 N–H and O–H groups in total. The van der Waals surface area contributed by atoms with Crippen LogP contribution in [-0.4, -0.2) is 42.1 Å². The average molecular weight is 324 g/mol. The molecule has 1 aromatic carbocycles. The first kappa shape index (κ1) is 15.5. The van der Waals surface area contributed by atoms with Gasteiger partial charge in [0.05, 0.1) is 0 Å². The summed E-state index contributed by atoms with van der Waals surface area (Å²) in [5.74, 6) is 0.466. The molecule has 3 heterocycles. The maximum atomic E-state index is 12.7. The standard InChI is InChI=1S/C20H24N2O2/c1-14-19(17-4-2-3-5-18(17)21-14)15-6-10-22(11-7-15)20(23)16-8-12-24-13-9-16/h2-6,16,21H,7-13H2,1H3. The fourth-order valence-corrected chi connectivity index (χ4v) is 3.99. The van der Waals surface area contributed by atoms with Gasteiger partial charge in [-0.25, -0.2) is 0 Å². The molecule has 0 bridgehead atoms. The molecule has 2 aliphatic rings. The zero-order valence-electron chi connectivity index (χ0n) is 14.2. The summed E-state index contributed by atoms with van der Waals surface area (Å²) < 4.78 is 5.37. The lowest BCUT2D eigenvalue weighted by atomic mass is 9.94. The lowest BCUT2D eigenvalue weighted by Gasteiger charge is -2.31. The van der Waals surface area contributed by atoms with E-state index < -0.39 is 0 Å². The maximum absolute atomic E-state index is 12.7. The number of rotatable bonds is 2. The van der Waals surface area contributed by atoms with Crippen LogP contribution < -0.4 is 0 Å². The largest absolute Gasteiger partial charge is 0.381 e. The molecular formula is C20H24N2O2. The molecule has 1 fully saturated rings. The molecule has 2 aliphatic heterocycles. The van der Waals surface area contributed by atoms with Gasteiger partial charge in [-0.15, -0.1) is 0 Å². The summed E-state index contributed by atoms with van der Waals surface area (Å²) in [6, 6.07) is 8.44. The fourth-order valence-electron chi connectivity index (χ4n) is 3.99. The molecular weight excluding hydrogens is 300 g/mol. The number of ether oxygens (including phenoxy) is 1. The predicted octanol–water partition coefficient (Wildman–Crippen LogP) is 3.52. The first-order chi connectivity index (χ1) is 11.7. The molecule has 0 saturated carbocycles. The zero-order valence-corrected chi connectivity index (χ0v) is 14.2. The van der Waals surface area contributed by atoms with E-state index in [9.17, 15) is 4.79 Å². The molecule has 1 amide bonds. The van der Waals surface area contributed by atoms with E-state index in [1.54, 1.807) is 0 Å². The van der Waals surface area contributed by atoms with Gasteiger partial charge in [-0.2, -0.15) is 0 Å². The molecule has 0 spiro atoms. The van der Waals surface area contributed by atoms with E-state index in [0.717, 1.165) is 45.6 Å². The van der Waals surface area contributed by atoms with E-state index >= 15 is 0 Å². The van der Waals surface area contributed by atoms with Gasteiger partial charge in [0.15, 0.2) is 0 Å². The molecule has 4 nitrogen and oxygen atoms in total. The first-order valence-electron chi connectivity index (χ1n) is 8.87. The van der Waals surface area contributed by atoms with Gasteiger partial charge >= 0.3 is 0 Å². The van der Waals surface area contributed by atoms with Crippen LogP contribution in [-0.2, 0) is 9.53 Å². The van der Waals surface area contributed by atoms with E-state index in [1.807, 2.05) is 4.90 Å². The Morgan fingerprint density at radius 1 is 1.25 bits per heavy atom. The molecule has 2 aromatic rings. The van der Waals surface area contributed by atoms with Crippen LogP contribution in [0.5, 0.6) is 0 Å². The van der Waals surface area contributed by atoms with Gasteiger partial charge in [-0.05, 0) is 37.8 Å². The number of benzene rings is 1. The Morgan fingerprint density at radius 3 is 2.79 bits per heavy atom. The number of nitrogens with zero attached hydrogens (tertiary/aromatic N) is 1. The first-order valence-corrected chi connectivity index (χ1v) is 8.87. The van der Waals surface area contributed by atoms with Crippen molar-refractivity contribution >= 4 is 22.4 Å². The summed E-state index contributed by atoms with van der Waals surface area (Å²) in [4.78, 5) is 18.2. The van der Waals surface area contributed by atoms with Crippen LogP contribution in [0.3, 0.4) is 0 Å². The van der Waals surface area contributed by atoms with Crippen molar-refractivity contribution in [2.45, 2.75) is 26.2 Å². The minimum Gasteiger partial charge on any atom is -0.381 e. The third-order valence-corrected chi connectivity index (χ3v) is 5.31. The minimum atomic E-state index is 0.156. The number of nitrogens with one attached hydrogen (secondary N) is 1. The number of para-hydroxylation sites is 1. The number of aromatic nitrogens is 1. The lowest BCUT2D eigenvalue weighted by Crippen LogP contribution is -2.40. The topological polar surface area (TPSA) is 45.3 Å². The second kappa shape index (κ2) is 6.44. The number of hydrogen-bond donors (Lipinski definition) is 1. The maximum Gasteiger partial charge on any atom is 0.226 e. The van der Waals surface area contributed by atoms with E-state index in [0.29, 0.717) is 5.91 Å². The molecule has 1 aromatic heterocycles. The van der Waals surface area contributed by atoms with Crippen LogP contribution in [0.4, 0.5) is 0 Å². The van der Waals surface area contributed by atoms with Crippen molar-refractivity contribution in [2.24, 2.45) is 5.92 Å². The number of hydrogen-bond acceptors (Lipinski definition) is 2. The van der Waals surface area contributed by atoms with Gasteiger partial charge in [0.25, 0.3) is 0 Å². The third kappa shape index (κ3) is 2.75. The van der Waals surface area contributed by atoms with E-state index in [-0.39, 0.29) is 5.92 Å². The second-order valence-corrected chi connectivity index (χ2v) is 6.82. The summed E-state index contributed by atoms with van der Waals surface area (Å²) in [7, 11) is 0. The number of carbonyl (C=O) groups excluding carboxylic acids is 1. The smallest absolute Gasteiger partial charge is 0.226 e. The molecule has 1 saturated heterocycles. The molecule has 0 unspecified atom stereocenters. The molecule has 0 atom stereocenters. The van der Waals surface area contributed by atoms with Crippen LogP contribution in [0.15, 0.2) is 30.3 Å². The highest BCUT2D eigenvalue weighted by Gasteiger charge is 2.28. The Bertz CT molecular complexity index is 784. The van der Waals surface area contributed by atoms with Gasteiger partial charge in [-0.3, -0.25) is 4.79 Å². The Labute approximate surface area is 142 Å². The Hall–Kier alpha value is -2.07. The van der Waals surface area contributed by atoms with E-state index in [2.05, 4.69) is 42.2 Å². The van der Waals surface area contributed by atoms with Crippen molar-refractivity contribution < 1.29 is 9.53 Å². The van der Waals surface area contributed by atoms with Gasteiger partial charge in [0.2, 0.25) is 5.91 Å². The highest BCUT2D eigenvalue weighted by molar-refractivity contribution is 5.94. The van der Waals surface area contributed by atoms with Crippen molar-refractivity contribution in [3.05, 3.63) is 41.6 Å². The van der Waals surface area contributed by atoms with E-state index in [1.165, 1.54) is 27.7 Å². The van der Waals surface area contributed by atoms with Gasteiger partial charge < -0.3 is 14.6 Å². The quantitative estimate of drug-likeness (QED) is 0.918. The summed E-state index contributed by atoms with van der Waals surface area (Å²) in [5, 5.41) is 1.28. The van der Waals surface area contributed by atoms with Crippen LogP contribution >= 0.6 is 0 Å². The molecule has 4 rings (SSSR count). The van der Waals surface area contributed by atoms with Gasteiger partial charge in [0.1, 0.15) is 0 Å². The van der Waals surface area contributed by atoms with Gasteiger partial charge in [-0.1, -0.05) is 24.3 Å². The van der Waals surface area contributed by atoms with E-state index in [4.69, 9.17) is 4.74 Å². The molecule has 0 aliphatic carbocycles. The second-order valence-electron chi connectivity index (χ2n) is 6.82. The minimum absolute atomic E-state index is 0.156. The van der Waals surface area contributed by atoms with Crippen LogP contribution in [0, 0.1) is 12.8 Å². The Morgan fingerprint density at radius 2 is 2.04 bits per heavy atom. The number of aromatic amines is 1. The molecule has 126 valence electrons. The summed E-state index contributed by atoms with van der Waals surface area (Å²) in [6.45, 7) is 5.13. The highest BCUT2D eigenvalue weighted by atomic mass is 16.5. The highest BCUT2D eigenvalue weighted by Crippen LogP contribution is 2.32. The van der Waals surface area contributed by atoms with Crippen LogP contribution in [0.1, 0.15) is 30.5 Å². The summed E-state index contributed by atoms with van der Waals surface area (Å²) in [6.07, 6.45) is 4.90. The third-order valence-electron chi connectivity index (χ3n) is 5.31. The van der Waals surface area contributed by atoms with Crippen molar-refractivity contribution in [2.75, 3.05) is 26.3 Å². The average Bonchev–Trinajstić information content (AvgIpc) is 2.98. The normalized spacial score (nSPS) is 19.5. The van der Waals surface area contributed by atoms with Crippen LogP contribution in [0.2, 0.25) is 0 Å². The molecule has 4 heteroatoms. The molecule has 0 radical (unpaired) electrons. The van der Waals surface area contributed by atoms with Gasteiger partial charge in [0, 0.05) is 54.4 Å². The Kier molecular flexibility index (Phi) is 4.15. The Balaban J connectivity index is 1.54. The van der Waals surface area contributed by atoms with Crippen molar-refractivity contribution in [3.63, 3.8) is 0 Å². The fraction of sp³-hybridized carbons (Fsp3) is 0.450. The zero-order chi connectivity index (χ0) is 16.5. The van der Waals surface area contributed by atoms with Crippen molar-refractivity contribution in [1.82, 2.24) is 9.88 Å². The summed E-state index contributed by atoms with van der Waals surface area (Å²) >= 11 is 0. The number of carbonyl (C=O) groups is 1. The number of amides is 1. The monoisotopic (exact) mass is 324 g/mol. The SMILES string of the molecule is Cc1[nH]c2ccccc2c1C1=CCN(C(=O)C2CCOCC2)CC1. The van der Waals surface area contributed by atoms with Crippen molar-refractivity contribution in [3.8, 4) is 0 Å². The summed E-state index contributed by atoms with van der Waals surface area (Å²) in [5.41, 5.74) is 5.09. The number of fused-ring (bicyclic) bond motifs is 1.